The van der Waals surface area contributed by atoms with Crippen LogP contribution in [0.25, 0.3) is 0 Å². The lowest BCUT2D eigenvalue weighted by atomic mass is 9.96. The Morgan fingerprint density at radius 1 is 1.06 bits per heavy atom. The van der Waals surface area contributed by atoms with Crippen molar-refractivity contribution in [3.63, 3.8) is 0 Å². The van der Waals surface area contributed by atoms with Crippen molar-refractivity contribution in [1.29, 1.82) is 0 Å². The van der Waals surface area contributed by atoms with Crippen molar-refractivity contribution in [3.8, 4) is 0 Å². The lowest BCUT2D eigenvalue weighted by molar-refractivity contribution is -0.121. The molecule has 0 saturated carbocycles. The van der Waals surface area contributed by atoms with Gasteiger partial charge in [0.15, 0.2) is 0 Å². The lowest BCUT2D eigenvalue weighted by Gasteiger charge is -2.32. The van der Waals surface area contributed by atoms with Crippen LogP contribution in [0.1, 0.15) is 40.1 Å². The molecule has 1 saturated heterocycles. The molecule has 2 heterocycles. The number of hydrogen-bond donors (Lipinski definition) is 2. The third-order valence-electron chi connectivity index (χ3n) is 5.84. The average Bonchev–Trinajstić information content (AvgIpc) is 3.33. The van der Waals surface area contributed by atoms with Crippen LogP contribution in [0.4, 0.5) is 5.69 Å². The van der Waals surface area contributed by atoms with E-state index in [-0.39, 0.29) is 17.7 Å². The predicted molar refractivity (Wildman–Crippen MR) is 124 cm³/mol. The second-order valence-corrected chi connectivity index (χ2v) is 8.36. The molecule has 1 aliphatic rings. The number of para-hydroxylation sites is 1. The summed E-state index contributed by atoms with van der Waals surface area (Å²) in [6.07, 6.45) is 3.40. The molecular weight excluding hydrogens is 402 g/mol. The molecule has 6 heteroatoms. The zero-order chi connectivity index (χ0) is 22.3. The molecule has 0 radical (unpaired) electrons. The number of furan rings is 1. The van der Waals surface area contributed by atoms with Gasteiger partial charge in [0.05, 0.1) is 30.0 Å². The van der Waals surface area contributed by atoms with Gasteiger partial charge >= 0.3 is 0 Å². The normalized spacial score (nSPS) is 16.5. The molecule has 1 aliphatic heterocycles. The van der Waals surface area contributed by atoms with E-state index in [1.165, 1.54) is 11.1 Å². The van der Waals surface area contributed by atoms with E-state index in [1.54, 1.807) is 36.6 Å². The standard InChI is InChI=1S/C26H29N3O3/c1-19-10-12-20(13-11-19)17-29-14-4-6-21(18-29)25(30)28-24-9-3-2-8-23(24)26(31)27-16-22-7-5-15-32-22/h2-3,5,7-13,15,21H,4,6,14,16-18H2,1H3,(H,27,31)(H,28,30). The van der Waals surface area contributed by atoms with Gasteiger partial charge in [-0.05, 0) is 56.1 Å². The van der Waals surface area contributed by atoms with Crippen molar-refractivity contribution >= 4 is 17.5 Å². The van der Waals surface area contributed by atoms with Gasteiger partial charge in [-0.1, -0.05) is 42.0 Å². The van der Waals surface area contributed by atoms with Crippen LogP contribution in [0.15, 0.2) is 71.3 Å². The number of nitrogens with one attached hydrogen (secondary N) is 2. The summed E-state index contributed by atoms with van der Waals surface area (Å²) in [6.45, 7) is 4.93. The topological polar surface area (TPSA) is 74.6 Å². The Kier molecular flexibility index (Phi) is 7.02. The van der Waals surface area contributed by atoms with Crippen LogP contribution in [0.5, 0.6) is 0 Å². The first kappa shape index (κ1) is 21.8. The summed E-state index contributed by atoms with van der Waals surface area (Å²) in [5.74, 6) is 0.288. The number of aryl methyl sites for hydroxylation is 1. The van der Waals surface area contributed by atoms with Crippen LogP contribution in [-0.2, 0) is 17.9 Å². The summed E-state index contributed by atoms with van der Waals surface area (Å²) in [5.41, 5.74) is 3.48. The first-order chi connectivity index (χ1) is 15.6. The molecule has 1 aromatic heterocycles. The Hall–Kier alpha value is -3.38. The van der Waals surface area contributed by atoms with E-state index in [9.17, 15) is 9.59 Å². The second kappa shape index (κ2) is 10.3. The Labute approximate surface area is 188 Å². The predicted octanol–water partition coefficient (Wildman–Crippen LogP) is 4.37. The first-order valence-electron chi connectivity index (χ1n) is 11.1. The summed E-state index contributed by atoms with van der Waals surface area (Å²) in [6, 6.07) is 19.2. The molecule has 2 amide bonds. The number of hydrogen-bond acceptors (Lipinski definition) is 4. The third-order valence-corrected chi connectivity index (χ3v) is 5.84. The van der Waals surface area contributed by atoms with Gasteiger partial charge in [0, 0.05) is 13.1 Å². The molecule has 1 fully saturated rings. The fourth-order valence-corrected chi connectivity index (χ4v) is 4.07. The van der Waals surface area contributed by atoms with Gasteiger partial charge < -0.3 is 15.1 Å². The van der Waals surface area contributed by atoms with Crippen LogP contribution in [0.3, 0.4) is 0 Å². The van der Waals surface area contributed by atoms with Crippen molar-refractivity contribution in [2.75, 3.05) is 18.4 Å². The molecule has 4 rings (SSSR count). The number of carbonyl (C=O) groups is 2. The highest BCUT2D eigenvalue weighted by atomic mass is 16.3. The minimum atomic E-state index is -0.248. The molecule has 166 valence electrons. The van der Waals surface area contributed by atoms with Crippen LogP contribution < -0.4 is 10.6 Å². The van der Waals surface area contributed by atoms with Gasteiger partial charge in [0.25, 0.3) is 5.91 Å². The summed E-state index contributed by atoms with van der Waals surface area (Å²) < 4.78 is 5.26. The molecular formula is C26H29N3O3. The van der Waals surface area contributed by atoms with Crippen LogP contribution in [0, 0.1) is 12.8 Å². The van der Waals surface area contributed by atoms with Crippen molar-refractivity contribution in [3.05, 3.63) is 89.4 Å². The van der Waals surface area contributed by atoms with Crippen molar-refractivity contribution in [2.45, 2.75) is 32.9 Å². The van der Waals surface area contributed by atoms with Gasteiger partial charge in [-0.25, -0.2) is 0 Å². The molecule has 6 nitrogen and oxygen atoms in total. The Morgan fingerprint density at radius 3 is 2.66 bits per heavy atom. The minimum absolute atomic E-state index is 0.0371. The number of benzene rings is 2. The summed E-state index contributed by atoms with van der Waals surface area (Å²) in [4.78, 5) is 28.1. The highest BCUT2D eigenvalue weighted by Crippen LogP contribution is 2.22. The van der Waals surface area contributed by atoms with Gasteiger partial charge in [0.2, 0.25) is 5.91 Å². The maximum absolute atomic E-state index is 13.0. The fourth-order valence-electron chi connectivity index (χ4n) is 4.07. The Morgan fingerprint density at radius 2 is 1.88 bits per heavy atom. The Balaban J connectivity index is 1.36. The monoisotopic (exact) mass is 431 g/mol. The van der Waals surface area contributed by atoms with E-state index in [4.69, 9.17) is 4.42 Å². The van der Waals surface area contributed by atoms with Gasteiger partial charge in [-0.2, -0.15) is 0 Å². The molecule has 2 aromatic carbocycles. The molecule has 0 bridgehead atoms. The summed E-state index contributed by atoms with van der Waals surface area (Å²) >= 11 is 0. The van der Waals surface area contributed by atoms with Gasteiger partial charge in [0.1, 0.15) is 5.76 Å². The Bertz CT molecular complexity index is 1040. The second-order valence-electron chi connectivity index (χ2n) is 8.36. The maximum atomic E-state index is 13.0. The van der Waals surface area contributed by atoms with Crippen molar-refractivity contribution in [1.82, 2.24) is 10.2 Å². The molecule has 3 aromatic rings. The number of amides is 2. The number of piperidine rings is 1. The average molecular weight is 432 g/mol. The van der Waals surface area contributed by atoms with Gasteiger partial charge in [-0.3, -0.25) is 14.5 Å². The molecule has 1 atom stereocenters. The van der Waals surface area contributed by atoms with Crippen molar-refractivity contribution < 1.29 is 14.0 Å². The number of rotatable bonds is 7. The molecule has 32 heavy (non-hydrogen) atoms. The maximum Gasteiger partial charge on any atom is 0.253 e. The quantitative estimate of drug-likeness (QED) is 0.583. The minimum Gasteiger partial charge on any atom is -0.467 e. The zero-order valence-electron chi connectivity index (χ0n) is 18.3. The van der Waals surface area contributed by atoms with Gasteiger partial charge in [-0.15, -0.1) is 0 Å². The van der Waals surface area contributed by atoms with E-state index in [0.717, 1.165) is 25.9 Å². The van der Waals surface area contributed by atoms with Crippen LogP contribution in [0.2, 0.25) is 0 Å². The molecule has 2 N–H and O–H groups in total. The SMILES string of the molecule is Cc1ccc(CN2CCCC(C(=O)Nc3ccccc3C(=O)NCc3ccco3)C2)cc1. The highest BCUT2D eigenvalue weighted by molar-refractivity contribution is 6.04. The van der Waals surface area contributed by atoms with E-state index in [1.807, 2.05) is 6.07 Å². The summed E-state index contributed by atoms with van der Waals surface area (Å²) in [5, 5.41) is 5.84. The van der Waals surface area contributed by atoms with E-state index in [2.05, 4.69) is 46.7 Å². The van der Waals surface area contributed by atoms with E-state index < -0.39 is 0 Å². The lowest BCUT2D eigenvalue weighted by Crippen LogP contribution is -2.40. The first-order valence-corrected chi connectivity index (χ1v) is 11.1. The molecule has 1 unspecified atom stereocenters. The number of likely N-dealkylation sites (tertiary alicyclic amines) is 1. The largest absolute Gasteiger partial charge is 0.467 e. The van der Waals surface area contributed by atoms with Crippen LogP contribution >= 0.6 is 0 Å². The number of nitrogens with zero attached hydrogens (tertiary/aromatic N) is 1. The molecule has 0 aliphatic carbocycles. The van der Waals surface area contributed by atoms with Crippen LogP contribution in [-0.4, -0.2) is 29.8 Å². The number of anilines is 1. The van der Waals surface area contributed by atoms with Crippen molar-refractivity contribution in [2.24, 2.45) is 5.92 Å². The smallest absolute Gasteiger partial charge is 0.253 e. The highest BCUT2D eigenvalue weighted by Gasteiger charge is 2.26. The number of carbonyl (C=O) groups excluding carboxylic acids is 2. The van der Waals surface area contributed by atoms with E-state index >= 15 is 0 Å². The zero-order valence-corrected chi connectivity index (χ0v) is 18.3. The van der Waals surface area contributed by atoms with E-state index in [0.29, 0.717) is 30.1 Å². The third kappa shape index (κ3) is 5.65. The summed E-state index contributed by atoms with van der Waals surface area (Å²) in [7, 11) is 0. The molecule has 0 spiro atoms. The fraction of sp³-hybridized carbons (Fsp3) is 0.308.